The minimum atomic E-state index is -0.132. The highest BCUT2D eigenvalue weighted by molar-refractivity contribution is 7.99. The first-order chi connectivity index (χ1) is 8.70. The Balaban J connectivity index is 2.07. The number of nitrogens with one attached hydrogen (secondary N) is 1. The van der Waals surface area contributed by atoms with Crippen molar-refractivity contribution in [2.75, 3.05) is 18.1 Å². The fourth-order valence-electron chi connectivity index (χ4n) is 2.66. The monoisotopic (exact) mass is 267 g/mol. The van der Waals surface area contributed by atoms with Gasteiger partial charge in [-0.25, -0.2) is 4.39 Å². The molecule has 100 valence electrons. The Hall–Kier alpha value is -0.540. The van der Waals surface area contributed by atoms with Crippen LogP contribution in [0.5, 0.6) is 0 Å². The molecule has 1 fully saturated rings. The van der Waals surface area contributed by atoms with E-state index < -0.39 is 0 Å². The molecule has 1 aromatic carbocycles. The molecule has 1 aromatic rings. The van der Waals surface area contributed by atoms with Crippen molar-refractivity contribution in [3.05, 3.63) is 35.1 Å². The standard InChI is InChI=1S/C15H22FNS/c1-3-17-15(13-6-7-18-10-13)9-12-4-5-14(16)8-11(12)2/h4-5,8,13,15,17H,3,6-7,9-10H2,1-2H3. The Labute approximate surface area is 114 Å². The van der Waals surface area contributed by atoms with Crippen LogP contribution in [0, 0.1) is 18.7 Å². The molecule has 2 rings (SSSR count). The van der Waals surface area contributed by atoms with Crippen LogP contribution in [0.15, 0.2) is 18.2 Å². The van der Waals surface area contributed by atoms with E-state index in [1.165, 1.54) is 23.5 Å². The molecule has 0 aliphatic carbocycles. The zero-order chi connectivity index (χ0) is 13.0. The maximum Gasteiger partial charge on any atom is 0.123 e. The van der Waals surface area contributed by atoms with Crippen molar-refractivity contribution in [1.82, 2.24) is 5.32 Å². The van der Waals surface area contributed by atoms with Gasteiger partial charge in [-0.3, -0.25) is 0 Å². The van der Waals surface area contributed by atoms with Crippen molar-refractivity contribution in [2.45, 2.75) is 32.7 Å². The molecule has 0 aromatic heterocycles. The molecule has 0 amide bonds. The smallest absolute Gasteiger partial charge is 0.123 e. The normalized spacial score (nSPS) is 21.2. The van der Waals surface area contributed by atoms with Gasteiger partial charge in [0, 0.05) is 6.04 Å². The van der Waals surface area contributed by atoms with E-state index in [0.717, 1.165) is 24.4 Å². The van der Waals surface area contributed by atoms with Gasteiger partial charge in [0.25, 0.3) is 0 Å². The van der Waals surface area contributed by atoms with Crippen molar-refractivity contribution in [2.24, 2.45) is 5.92 Å². The maximum absolute atomic E-state index is 13.1. The third-order valence-corrected chi connectivity index (χ3v) is 4.93. The molecule has 2 unspecified atom stereocenters. The topological polar surface area (TPSA) is 12.0 Å². The maximum atomic E-state index is 13.1. The number of halogens is 1. The molecule has 1 aliphatic rings. The second kappa shape index (κ2) is 6.58. The predicted molar refractivity (Wildman–Crippen MR) is 77.7 cm³/mol. The lowest BCUT2D eigenvalue weighted by Crippen LogP contribution is -2.38. The summed E-state index contributed by atoms with van der Waals surface area (Å²) < 4.78 is 13.1. The van der Waals surface area contributed by atoms with Crippen LogP contribution in [0.25, 0.3) is 0 Å². The molecule has 1 heterocycles. The summed E-state index contributed by atoms with van der Waals surface area (Å²) in [6, 6.07) is 5.70. The van der Waals surface area contributed by atoms with Crippen molar-refractivity contribution in [1.29, 1.82) is 0 Å². The van der Waals surface area contributed by atoms with E-state index in [0.29, 0.717) is 6.04 Å². The number of hydrogen-bond acceptors (Lipinski definition) is 2. The van der Waals surface area contributed by atoms with Gasteiger partial charge in [0.1, 0.15) is 5.82 Å². The SMILES string of the molecule is CCNC(Cc1ccc(F)cc1C)C1CCSC1. The zero-order valence-corrected chi connectivity index (χ0v) is 12.0. The van der Waals surface area contributed by atoms with Crippen LogP contribution in [0.4, 0.5) is 4.39 Å². The Morgan fingerprint density at radius 3 is 2.94 bits per heavy atom. The van der Waals surface area contributed by atoms with Crippen LogP contribution in [-0.2, 0) is 6.42 Å². The van der Waals surface area contributed by atoms with Gasteiger partial charge in [-0.15, -0.1) is 0 Å². The van der Waals surface area contributed by atoms with Gasteiger partial charge in [-0.05, 0) is 67.0 Å². The van der Waals surface area contributed by atoms with E-state index in [2.05, 4.69) is 24.0 Å². The average molecular weight is 267 g/mol. The molecular weight excluding hydrogens is 245 g/mol. The lowest BCUT2D eigenvalue weighted by molar-refractivity contribution is 0.386. The first-order valence-electron chi connectivity index (χ1n) is 6.77. The van der Waals surface area contributed by atoms with Crippen LogP contribution < -0.4 is 5.32 Å². The quantitative estimate of drug-likeness (QED) is 0.877. The van der Waals surface area contributed by atoms with Crippen LogP contribution in [0.3, 0.4) is 0 Å². The molecule has 1 saturated heterocycles. The second-order valence-electron chi connectivity index (χ2n) is 5.06. The molecule has 3 heteroatoms. The number of rotatable bonds is 5. The Bertz CT molecular complexity index is 388. The largest absolute Gasteiger partial charge is 0.314 e. The van der Waals surface area contributed by atoms with Crippen LogP contribution in [-0.4, -0.2) is 24.1 Å². The highest BCUT2D eigenvalue weighted by atomic mass is 32.2. The third kappa shape index (κ3) is 3.48. The Morgan fingerprint density at radius 2 is 2.33 bits per heavy atom. The Kier molecular flexibility index (Phi) is 5.07. The molecule has 1 nitrogen and oxygen atoms in total. The summed E-state index contributed by atoms with van der Waals surface area (Å²) in [5.74, 6) is 3.18. The van der Waals surface area contributed by atoms with Gasteiger partial charge >= 0.3 is 0 Å². The summed E-state index contributed by atoms with van der Waals surface area (Å²) in [6.07, 6.45) is 2.33. The molecule has 2 atom stereocenters. The van der Waals surface area contributed by atoms with Crippen LogP contribution >= 0.6 is 11.8 Å². The fourth-order valence-corrected chi connectivity index (χ4v) is 4.00. The first kappa shape index (κ1) is 13.9. The van der Waals surface area contributed by atoms with Crippen molar-refractivity contribution >= 4 is 11.8 Å². The molecular formula is C15H22FNS. The highest BCUT2D eigenvalue weighted by Gasteiger charge is 2.25. The van der Waals surface area contributed by atoms with Gasteiger partial charge in [-0.1, -0.05) is 13.0 Å². The molecule has 0 saturated carbocycles. The van der Waals surface area contributed by atoms with Gasteiger partial charge in [-0.2, -0.15) is 11.8 Å². The van der Waals surface area contributed by atoms with E-state index in [-0.39, 0.29) is 5.82 Å². The molecule has 1 N–H and O–H groups in total. The first-order valence-corrected chi connectivity index (χ1v) is 7.92. The van der Waals surface area contributed by atoms with E-state index in [1.54, 1.807) is 12.1 Å². The van der Waals surface area contributed by atoms with Gasteiger partial charge in [0.05, 0.1) is 0 Å². The lowest BCUT2D eigenvalue weighted by atomic mass is 9.91. The molecule has 0 radical (unpaired) electrons. The van der Waals surface area contributed by atoms with Gasteiger partial charge < -0.3 is 5.32 Å². The van der Waals surface area contributed by atoms with Crippen molar-refractivity contribution in [3.63, 3.8) is 0 Å². The minimum absolute atomic E-state index is 0.132. The van der Waals surface area contributed by atoms with E-state index in [1.807, 2.05) is 13.0 Å². The molecule has 0 spiro atoms. The minimum Gasteiger partial charge on any atom is -0.314 e. The molecule has 0 bridgehead atoms. The number of thioether (sulfide) groups is 1. The summed E-state index contributed by atoms with van der Waals surface area (Å²) in [5.41, 5.74) is 2.35. The number of benzene rings is 1. The third-order valence-electron chi connectivity index (χ3n) is 3.74. The highest BCUT2D eigenvalue weighted by Crippen LogP contribution is 2.28. The summed E-state index contributed by atoms with van der Waals surface area (Å²) in [7, 11) is 0. The fraction of sp³-hybridized carbons (Fsp3) is 0.600. The summed E-state index contributed by atoms with van der Waals surface area (Å²) in [4.78, 5) is 0. The number of likely N-dealkylation sites (N-methyl/N-ethyl adjacent to an activating group) is 1. The van der Waals surface area contributed by atoms with E-state index in [4.69, 9.17) is 0 Å². The van der Waals surface area contributed by atoms with Crippen molar-refractivity contribution in [3.8, 4) is 0 Å². The van der Waals surface area contributed by atoms with Crippen LogP contribution in [0.1, 0.15) is 24.5 Å². The predicted octanol–water partition coefficient (Wildman–Crippen LogP) is 3.41. The molecule has 18 heavy (non-hydrogen) atoms. The lowest BCUT2D eigenvalue weighted by Gasteiger charge is -2.24. The summed E-state index contributed by atoms with van der Waals surface area (Å²) >= 11 is 2.05. The Morgan fingerprint density at radius 1 is 1.50 bits per heavy atom. The van der Waals surface area contributed by atoms with Gasteiger partial charge in [0.15, 0.2) is 0 Å². The van der Waals surface area contributed by atoms with E-state index in [9.17, 15) is 4.39 Å². The number of hydrogen-bond donors (Lipinski definition) is 1. The summed E-state index contributed by atoms with van der Waals surface area (Å²) in [6.45, 7) is 5.17. The van der Waals surface area contributed by atoms with E-state index >= 15 is 0 Å². The second-order valence-corrected chi connectivity index (χ2v) is 6.21. The summed E-state index contributed by atoms with van der Waals surface area (Å²) in [5, 5.41) is 3.61. The van der Waals surface area contributed by atoms with Crippen molar-refractivity contribution < 1.29 is 4.39 Å². The van der Waals surface area contributed by atoms with Crippen LogP contribution in [0.2, 0.25) is 0 Å². The van der Waals surface area contributed by atoms with Gasteiger partial charge in [0.2, 0.25) is 0 Å². The number of aryl methyl sites for hydroxylation is 1. The average Bonchev–Trinajstić information content (AvgIpc) is 2.85. The zero-order valence-electron chi connectivity index (χ0n) is 11.2. The molecule has 1 aliphatic heterocycles.